The first-order valence-electron chi connectivity index (χ1n) is 7.29. The van der Waals surface area contributed by atoms with Crippen molar-refractivity contribution < 1.29 is 23.4 Å². The largest absolute Gasteiger partial charge is 0.491 e. The van der Waals surface area contributed by atoms with Crippen LogP contribution in [0.5, 0.6) is 5.75 Å². The summed E-state index contributed by atoms with van der Waals surface area (Å²) in [6.07, 6.45) is 0. The fourth-order valence-electron chi connectivity index (χ4n) is 1.94. The van der Waals surface area contributed by atoms with Gasteiger partial charge in [0.15, 0.2) is 5.76 Å². The van der Waals surface area contributed by atoms with E-state index in [1.54, 1.807) is 26.4 Å². The van der Waals surface area contributed by atoms with Crippen molar-refractivity contribution >= 4 is 5.91 Å². The molecule has 1 heterocycles. The van der Waals surface area contributed by atoms with Gasteiger partial charge in [-0.05, 0) is 29.8 Å². The number of furan rings is 1. The number of rotatable bonds is 9. The van der Waals surface area contributed by atoms with Crippen LogP contribution >= 0.6 is 0 Å². The number of hydrogen-bond donors (Lipinski definition) is 1. The molecule has 0 bridgehead atoms. The fourth-order valence-corrected chi connectivity index (χ4v) is 1.94. The van der Waals surface area contributed by atoms with E-state index in [2.05, 4.69) is 5.32 Å². The van der Waals surface area contributed by atoms with Crippen LogP contribution in [-0.2, 0) is 22.6 Å². The average molecular weight is 319 g/mol. The molecule has 0 atom stereocenters. The quantitative estimate of drug-likeness (QED) is 0.719. The number of hydrogen-bond acceptors (Lipinski definition) is 5. The Morgan fingerprint density at radius 1 is 1.04 bits per heavy atom. The number of methoxy groups -OCH3 is 2. The normalized spacial score (nSPS) is 10.5. The van der Waals surface area contributed by atoms with Crippen molar-refractivity contribution in [3.05, 3.63) is 53.5 Å². The van der Waals surface area contributed by atoms with Crippen molar-refractivity contribution in [3.63, 3.8) is 0 Å². The highest BCUT2D eigenvalue weighted by atomic mass is 16.5. The Balaban J connectivity index is 1.81. The molecule has 0 spiro atoms. The second kappa shape index (κ2) is 8.97. The summed E-state index contributed by atoms with van der Waals surface area (Å²) in [5.41, 5.74) is 0.973. The molecule has 0 aliphatic carbocycles. The summed E-state index contributed by atoms with van der Waals surface area (Å²) in [6, 6.07) is 10.9. The minimum atomic E-state index is -0.257. The maximum atomic E-state index is 12.0. The monoisotopic (exact) mass is 319 g/mol. The highest BCUT2D eigenvalue weighted by molar-refractivity contribution is 5.91. The maximum absolute atomic E-state index is 12.0. The van der Waals surface area contributed by atoms with Gasteiger partial charge >= 0.3 is 0 Å². The van der Waals surface area contributed by atoms with Crippen LogP contribution in [0.15, 0.2) is 40.8 Å². The number of nitrogens with one attached hydrogen (secondary N) is 1. The van der Waals surface area contributed by atoms with Gasteiger partial charge in [0.2, 0.25) is 0 Å². The van der Waals surface area contributed by atoms with Gasteiger partial charge in [0.1, 0.15) is 24.7 Å². The molecule has 2 rings (SSSR count). The number of carbonyl (C=O) groups is 1. The highest BCUT2D eigenvalue weighted by Crippen LogP contribution is 2.13. The molecule has 1 aromatic carbocycles. The summed E-state index contributed by atoms with van der Waals surface area (Å²) in [5, 5.41) is 2.81. The summed E-state index contributed by atoms with van der Waals surface area (Å²) in [7, 11) is 3.21. The standard InChI is InChI=1S/C17H21NO5/c1-20-9-10-22-14-5-3-13(4-6-14)11-18-17(19)16-8-7-15(23-16)12-21-2/h3-8H,9-12H2,1-2H3,(H,18,19). The minimum absolute atomic E-state index is 0.257. The second-order valence-electron chi connectivity index (χ2n) is 4.87. The topological polar surface area (TPSA) is 69.9 Å². The van der Waals surface area contributed by atoms with Crippen LogP contribution < -0.4 is 10.1 Å². The molecule has 1 amide bonds. The van der Waals surface area contributed by atoms with Gasteiger partial charge < -0.3 is 23.9 Å². The molecule has 0 aliphatic rings. The summed E-state index contributed by atoms with van der Waals surface area (Å²) in [6.45, 7) is 1.82. The number of amides is 1. The molecule has 124 valence electrons. The van der Waals surface area contributed by atoms with Gasteiger partial charge in [-0.15, -0.1) is 0 Å². The van der Waals surface area contributed by atoms with Crippen LogP contribution in [-0.4, -0.2) is 33.3 Å². The molecule has 0 saturated heterocycles. The SMILES string of the molecule is COCCOc1ccc(CNC(=O)c2ccc(COC)o2)cc1. The molecular weight excluding hydrogens is 298 g/mol. The molecule has 1 aromatic heterocycles. The molecule has 0 radical (unpaired) electrons. The second-order valence-corrected chi connectivity index (χ2v) is 4.87. The minimum Gasteiger partial charge on any atom is -0.491 e. The smallest absolute Gasteiger partial charge is 0.287 e. The van der Waals surface area contributed by atoms with Gasteiger partial charge in [0.05, 0.1) is 6.61 Å². The lowest BCUT2D eigenvalue weighted by Crippen LogP contribution is -2.22. The third-order valence-corrected chi connectivity index (χ3v) is 3.10. The van der Waals surface area contributed by atoms with Crippen molar-refractivity contribution in [1.29, 1.82) is 0 Å². The highest BCUT2D eigenvalue weighted by Gasteiger charge is 2.10. The first-order chi connectivity index (χ1) is 11.2. The van der Waals surface area contributed by atoms with E-state index in [0.717, 1.165) is 11.3 Å². The predicted molar refractivity (Wildman–Crippen MR) is 84.4 cm³/mol. The average Bonchev–Trinajstić information content (AvgIpc) is 3.03. The Hall–Kier alpha value is -2.31. The number of ether oxygens (including phenoxy) is 3. The lowest BCUT2D eigenvalue weighted by molar-refractivity contribution is 0.0914. The Bertz CT molecular complexity index is 606. The van der Waals surface area contributed by atoms with Crippen molar-refractivity contribution in [2.24, 2.45) is 0 Å². The van der Waals surface area contributed by atoms with Crippen LogP contribution in [0.3, 0.4) is 0 Å². The van der Waals surface area contributed by atoms with Crippen molar-refractivity contribution in [2.75, 3.05) is 27.4 Å². The Morgan fingerprint density at radius 3 is 2.52 bits per heavy atom. The van der Waals surface area contributed by atoms with Gasteiger partial charge in [-0.25, -0.2) is 0 Å². The van der Waals surface area contributed by atoms with Crippen LogP contribution in [0.25, 0.3) is 0 Å². The van der Waals surface area contributed by atoms with E-state index >= 15 is 0 Å². The number of carbonyl (C=O) groups excluding carboxylic acids is 1. The van der Waals surface area contributed by atoms with Crippen molar-refractivity contribution in [3.8, 4) is 5.75 Å². The van der Waals surface area contributed by atoms with Gasteiger partial charge in [0.25, 0.3) is 5.91 Å². The van der Waals surface area contributed by atoms with Crippen LogP contribution in [0.1, 0.15) is 21.9 Å². The lowest BCUT2D eigenvalue weighted by atomic mass is 10.2. The Kier molecular flexibility index (Phi) is 6.65. The Morgan fingerprint density at radius 2 is 1.83 bits per heavy atom. The molecule has 0 saturated carbocycles. The van der Waals surface area contributed by atoms with Crippen LogP contribution in [0.2, 0.25) is 0 Å². The lowest BCUT2D eigenvalue weighted by Gasteiger charge is -2.07. The van der Waals surface area contributed by atoms with E-state index in [1.165, 1.54) is 0 Å². The third kappa shape index (κ3) is 5.43. The van der Waals surface area contributed by atoms with Gasteiger partial charge in [-0.1, -0.05) is 12.1 Å². The summed E-state index contributed by atoms with van der Waals surface area (Å²) < 4.78 is 20.7. The zero-order valence-corrected chi connectivity index (χ0v) is 13.3. The summed E-state index contributed by atoms with van der Waals surface area (Å²) in [4.78, 5) is 12.0. The molecule has 6 nitrogen and oxygen atoms in total. The fraction of sp³-hybridized carbons (Fsp3) is 0.353. The molecule has 0 fully saturated rings. The van der Waals surface area contributed by atoms with Gasteiger partial charge in [0, 0.05) is 20.8 Å². The molecular formula is C17H21NO5. The maximum Gasteiger partial charge on any atom is 0.287 e. The molecule has 0 aliphatic heterocycles. The van der Waals surface area contributed by atoms with E-state index in [9.17, 15) is 4.79 Å². The van der Waals surface area contributed by atoms with Crippen molar-refractivity contribution in [2.45, 2.75) is 13.2 Å². The predicted octanol–water partition coefficient (Wildman–Crippen LogP) is 2.38. The zero-order valence-electron chi connectivity index (χ0n) is 13.3. The Labute approximate surface area is 135 Å². The summed E-state index contributed by atoms with van der Waals surface area (Å²) >= 11 is 0. The molecule has 0 unspecified atom stereocenters. The van der Waals surface area contributed by atoms with E-state index < -0.39 is 0 Å². The van der Waals surface area contributed by atoms with E-state index in [4.69, 9.17) is 18.6 Å². The van der Waals surface area contributed by atoms with Gasteiger partial charge in [-0.3, -0.25) is 4.79 Å². The van der Waals surface area contributed by atoms with E-state index in [1.807, 2.05) is 24.3 Å². The van der Waals surface area contributed by atoms with Crippen molar-refractivity contribution in [1.82, 2.24) is 5.32 Å². The first-order valence-corrected chi connectivity index (χ1v) is 7.29. The molecule has 23 heavy (non-hydrogen) atoms. The van der Waals surface area contributed by atoms with Crippen LogP contribution in [0.4, 0.5) is 0 Å². The van der Waals surface area contributed by atoms with E-state index in [-0.39, 0.29) is 11.7 Å². The molecule has 6 heteroatoms. The zero-order chi connectivity index (χ0) is 16.5. The van der Waals surface area contributed by atoms with Gasteiger partial charge in [-0.2, -0.15) is 0 Å². The van der Waals surface area contributed by atoms with E-state index in [0.29, 0.717) is 32.1 Å². The number of benzene rings is 1. The third-order valence-electron chi connectivity index (χ3n) is 3.10. The van der Waals surface area contributed by atoms with Crippen LogP contribution in [0, 0.1) is 0 Å². The first kappa shape index (κ1) is 17.1. The molecule has 2 aromatic rings. The summed E-state index contributed by atoms with van der Waals surface area (Å²) in [5.74, 6) is 1.41. The molecule has 1 N–H and O–H groups in total.